The molecule has 0 radical (unpaired) electrons. The number of hydrogen-bond donors (Lipinski definition) is 0. The minimum Gasteiger partial charge on any atom is -0.545 e. The first-order valence-electron chi connectivity index (χ1n) is 3.90. The van der Waals surface area contributed by atoms with E-state index in [1.165, 1.54) is 12.3 Å². The molecule has 1 rings (SSSR count). The van der Waals surface area contributed by atoms with Crippen molar-refractivity contribution in [3.8, 4) is 0 Å². The van der Waals surface area contributed by atoms with Crippen LogP contribution in [-0.2, 0) is 6.54 Å². The smallest absolute Gasteiger partial charge is 0.545 e. The molecule has 1 aromatic heterocycles. The number of rotatable bonds is 3. The summed E-state index contributed by atoms with van der Waals surface area (Å²) >= 11 is 0. The summed E-state index contributed by atoms with van der Waals surface area (Å²) in [5, 5.41) is 10.4. The number of hydrogen-bond acceptors (Lipinski definition) is 4. The van der Waals surface area contributed by atoms with Crippen molar-refractivity contribution < 1.29 is 39.5 Å². The SMILES string of the molecule is CN(C)Cc1ccc(C(=O)[O-])cn1.[Na+]. The Morgan fingerprint density at radius 1 is 1.50 bits per heavy atom. The van der Waals surface area contributed by atoms with Gasteiger partial charge >= 0.3 is 29.6 Å². The maximum Gasteiger partial charge on any atom is 1.00 e. The van der Waals surface area contributed by atoms with E-state index in [1.807, 2.05) is 19.0 Å². The quantitative estimate of drug-likeness (QED) is 0.477. The zero-order valence-corrected chi connectivity index (χ0v) is 10.7. The molecule has 0 N–H and O–H groups in total. The van der Waals surface area contributed by atoms with E-state index in [-0.39, 0.29) is 35.1 Å². The summed E-state index contributed by atoms with van der Waals surface area (Å²) in [6.45, 7) is 0.702. The fourth-order valence-corrected chi connectivity index (χ4v) is 0.963. The first-order chi connectivity index (χ1) is 6.09. The first kappa shape index (κ1) is 13.6. The molecule has 0 fully saturated rings. The standard InChI is InChI=1S/C9H12N2O2.Na/c1-11(2)6-8-4-3-7(5-10-8)9(12)13;/h3-5H,6H2,1-2H3,(H,12,13);/q;+1/p-1. The van der Waals surface area contributed by atoms with E-state index in [9.17, 15) is 9.90 Å². The predicted octanol–water partition coefficient (Wildman–Crippen LogP) is -3.49. The van der Waals surface area contributed by atoms with E-state index >= 15 is 0 Å². The zero-order valence-electron chi connectivity index (χ0n) is 8.65. The summed E-state index contributed by atoms with van der Waals surface area (Å²) in [7, 11) is 3.85. The molecule has 1 heterocycles. The third kappa shape index (κ3) is 4.19. The third-order valence-electron chi connectivity index (χ3n) is 1.54. The normalized spacial score (nSPS) is 9.64. The molecule has 1 aromatic rings. The second-order valence-electron chi connectivity index (χ2n) is 3.06. The van der Waals surface area contributed by atoms with Crippen molar-refractivity contribution in [3.63, 3.8) is 0 Å². The minimum absolute atomic E-state index is 0. The Bertz CT molecular complexity index is 298. The zero-order chi connectivity index (χ0) is 9.84. The van der Waals surface area contributed by atoms with Crippen molar-refractivity contribution in [2.45, 2.75) is 6.54 Å². The molecular formula is C9H11N2NaO2. The van der Waals surface area contributed by atoms with Crippen LogP contribution in [0.2, 0.25) is 0 Å². The van der Waals surface area contributed by atoms with Crippen molar-refractivity contribution in [2.24, 2.45) is 0 Å². The van der Waals surface area contributed by atoms with Gasteiger partial charge in [-0.1, -0.05) is 0 Å². The van der Waals surface area contributed by atoms with Crippen LogP contribution in [0.25, 0.3) is 0 Å². The summed E-state index contributed by atoms with van der Waals surface area (Å²) in [4.78, 5) is 16.3. The molecule has 70 valence electrons. The molecule has 0 aliphatic rings. The van der Waals surface area contributed by atoms with Gasteiger partial charge in [0.05, 0.1) is 11.7 Å². The number of pyridine rings is 1. The second kappa shape index (κ2) is 6.14. The Kier molecular flexibility index (Phi) is 5.95. The van der Waals surface area contributed by atoms with Gasteiger partial charge in [0.1, 0.15) is 0 Å². The van der Waals surface area contributed by atoms with E-state index in [1.54, 1.807) is 6.07 Å². The number of carboxylic acids is 1. The van der Waals surface area contributed by atoms with Gasteiger partial charge in [-0.3, -0.25) is 4.98 Å². The Labute approximate surface area is 105 Å². The average Bonchev–Trinajstić information content (AvgIpc) is 2.04. The number of aromatic nitrogens is 1. The fraction of sp³-hybridized carbons (Fsp3) is 0.333. The summed E-state index contributed by atoms with van der Waals surface area (Å²) < 4.78 is 0. The number of carbonyl (C=O) groups excluding carboxylic acids is 1. The van der Waals surface area contributed by atoms with Crippen molar-refractivity contribution in [1.29, 1.82) is 0 Å². The molecule has 0 saturated carbocycles. The summed E-state index contributed by atoms with van der Waals surface area (Å²) in [6, 6.07) is 3.19. The minimum atomic E-state index is -1.19. The molecule has 0 aliphatic heterocycles. The Balaban J connectivity index is 0.00000169. The molecule has 0 amide bonds. The maximum absolute atomic E-state index is 10.4. The summed E-state index contributed by atoms with van der Waals surface area (Å²) in [5.74, 6) is -1.19. The summed E-state index contributed by atoms with van der Waals surface area (Å²) in [5.41, 5.74) is 0.956. The monoisotopic (exact) mass is 202 g/mol. The van der Waals surface area contributed by atoms with E-state index in [4.69, 9.17) is 0 Å². The van der Waals surface area contributed by atoms with Crippen LogP contribution >= 0.6 is 0 Å². The molecule has 4 nitrogen and oxygen atoms in total. The van der Waals surface area contributed by atoms with Crippen LogP contribution in [0.1, 0.15) is 16.1 Å². The topological polar surface area (TPSA) is 56.3 Å². The van der Waals surface area contributed by atoms with Crippen molar-refractivity contribution in [2.75, 3.05) is 14.1 Å². The van der Waals surface area contributed by atoms with Gasteiger partial charge in [-0.05, 0) is 26.2 Å². The molecular weight excluding hydrogens is 191 g/mol. The molecule has 0 saturated heterocycles. The molecule has 0 aliphatic carbocycles. The van der Waals surface area contributed by atoms with Gasteiger partial charge in [0.25, 0.3) is 0 Å². The van der Waals surface area contributed by atoms with E-state index < -0.39 is 5.97 Å². The molecule has 0 bridgehead atoms. The molecule has 0 atom stereocenters. The van der Waals surface area contributed by atoms with E-state index in [0.717, 1.165) is 5.69 Å². The van der Waals surface area contributed by atoms with Crippen LogP contribution < -0.4 is 34.7 Å². The largest absolute Gasteiger partial charge is 1.00 e. The van der Waals surface area contributed by atoms with Crippen LogP contribution in [0.4, 0.5) is 0 Å². The van der Waals surface area contributed by atoms with Crippen LogP contribution in [-0.4, -0.2) is 29.9 Å². The summed E-state index contributed by atoms with van der Waals surface area (Å²) in [6.07, 6.45) is 1.31. The first-order valence-corrected chi connectivity index (χ1v) is 3.90. The van der Waals surface area contributed by atoms with Crippen molar-refractivity contribution in [3.05, 3.63) is 29.6 Å². The van der Waals surface area contributed by atoms with E-state index in [2.05, 4.69) is 4.98 Å². The van der Waals surface area contributed by atoms with Crippen LogP contribution in [0.3, 0.4) is 0 Å². The van der Waals surface area contributed by atoms with Gasteiger partial charge in [-0.25, -0.2) is 0 Å². The van der Waals surface area contributed by atoms with E-state index in [0.29, 0.717) is 6.54 Å². The predicted molar refractivity (Wildman–Crippen MR) is 46.0 cm³/mol. The number of carbonyl (C=O) groups is 1. The Morgan fingerprint density at radius 3 is 2.50 bits per heavy atom. The van der Waals surface area contributed by atoms with Crippen molar-refractivity contribution in [1.82, 2.24) is 9.88 Å². The number of carboxylic acid groups (broad SMARTS) is 1. The van der Waals surface area contributed by atoms with Gasteiger partial charge in [-0.2, -0.15) is 0 Å². The average molecular weight is 202 g/mol. The number of nitrogens with zero attached hydrogens (tertiary/aromatic N) is 2. The molecule has 0 aromatic carbocycles. The molecule has 5 heteroatoms. The fourth-order valence-electron chi connectivity index (χ4n) is 0.963. The Morgan fingerprint density at radius 2 is 2.14 bits per heavy atom. The molecule has 0 spiro atoms. The van der Waals surface area contributed by atoms with Gasteiger partial charge in [0.15, 0.2) is 0 Å². The van der Waals surface area contributed by atoms with Crippen molar-refractivity contribution >= 4 is 5.97 Å². The van der Waals surface area contributed by atoms with Gasteiger partial charge in [-0.15, -0.1) is 0 Å². The molecule has 14 heavy (non-hydrogen) atoms. The van der Waals surface area contributed by atoms with Gasteiger partial charge in [0, 0.05) is 18.3 Å². The number of aromatic carboxylic acids is 1. The maximum atomic E-state index is 10.4. The Hall–Kier alpha value is -0.420. The van der Waals surface area contributed by atoms with Gasteiger partial charge in [0.2, 0.25) is 0 Å². The second-order valence-corrected chi connectivity index (χ2v) is 3.06. The van der Waals surface area contributed by atoms with Crippen LogP contribution in [0, 0.1) is 0 Å². The third-order valence-corrected chi connectivity index (χ3v) is 1.54. The molecule has 0 unspecified atom stereocenters. The van der Waals surface area contributed by atoms with Crippen LogP contribution in [0.5, 0.6) is 0 Å². The van der Waals surface area contributed by atoms with Crippen LogP contribution in [0.15, 0.2) is 18.3 Å². The van der Waals surface area contributed by atoms with Gasteiger partial charge < -0.3 is 14.8 Å².